The number of aliphatic imine (C=N–C) groups is 2. The van der Waals surface area contributed by atoms with Crippen molar-refractivity contribution < 1.29 is 9.90 Å². The van der Waals surface area contributed by atoms with Crippen molar-refractivity contribution >= 4 is 42.0 Å². The monoisotopic (exact) mass is 409 g/mol. The van der Waals surface area contributed by atoms with E-state index >= 15 is 0 Å². The fraction of sp³-hybridized carbons (Fsp3) is 0.435. The second-order valence-electron chi connectivity index (χ2n) is 8.04. The number of hydrogen-bond acceptors (Lipinski definition) is 4. The molecule has 0 radical (unpaired) electrons. The number of fused-ring (bicyclic) bond motifs is 2. The predicted octanol–water partition coefficient (Wildman–Crippen LogP) is 4.55. The fourth-order valence-corrected chi connectivity index (χ4v) is 8.32. The summed E-state index contributed by atoms with van der Waals surface area (Å²) in [6.45, 7) is 12.3. The maximum absolute atomic E-state index is 11.2. The topological polar surface area (TPSA) is 74.0 Å². The van der Waals surface area contributed by atoms with E-state index in [9.17, 15) is 9.90 Å². The average molecular weight is 410 g/mol. The molecule has 0 bridgehead atoms. The van der Waals surface area contributed by atoms with Gasteiger partial charge in [0.05, 0.1) is 17.1 Å². The molecule has 6 heteroatoms. The Labute approximate surface area is 174 Å². The van der Waals surface area contributed by atoms with Crippen molar-refractivity contribution in [3.63, 3.8) is 0 Å². The zero-order chi connectivity index (χ0) is 21.2. The van der Waals surface area contributed by atoms with Crippen LogP contribution in [0.5, 0.6) is 0 Å². The van der Waals surface area contributed by atoms with Crippen molar-refractivity contribution in [3.8, 4) is 0 Å². The van der Waals surface area contributed by atoms with Gasteiger partial charge in [-0.2, -0.15) is 0 Å². The van der Waals surface area contributed by atoms with Gasteiger partial charge >= 0.3 is 5.97 Å². The number of benzene rings is 1. The lowest BCUT2D eigenvalue weighted by Crippen LogP contribution is -2.52. The van der Waals surface area contributed by atoms with Gasteiger partial charge in [-0.15, -0.1) is 0 Å². The van der Waals surface area contributed by atoms with Gasteiger partial charge in [-0.3, -0.25) is 9.79 Å². The van der Waals surface area contributed by atoms with Gasteiger partial charge in [-0.1, -0.05) is 6.55 Å². The van der Waals surface area contributed by atoms with Crippen molar-refractivity contribution in [1.29, 1.82) is 0 Å². The van der Waals surface area contributed by atoms with Crippen molar-refractivity contribution in [2.24, 2.45) is 9.98 Å². The highest BCUT2D eigenvalue weighted by Gasteiger charge is 2.42. The molecule has 2 aliphatic rings. The number of rotatable bonds is 7. The van der Waals surface area contributed by atoms with E-state index in [2.05, 4.69) is 61.9 Å². The van der Waals surface area contributed by atoms with E-state index in [0.717, 1.165) is 47.5 Å². The third-order valence-corrected chi connectivity index (χ3v) is 10.4. The largest absolute Gasteiger partial charge is 0.481 e. The molecule has 3 rings (SSSR count). The molecule has 2 N–H and O–H groups in total. The zero-order valence-electron chi connectivity index (χ0n) is 18.1. The van der Waals surface area contributed by atoms with Gasteiger partial charge in [0.2, 0.25) is 0 Å². The number of aryl methyl sites for hydroxylation is 1. The Balaban J connectivity index is 2.18. The molecular formula is C23H31N3O2Si. The number of carboxylic acids is 1. The Hall–Kier alpha value is -2.47. The zero-order valence-corrected chi connectivity index (χ0v) is 19.1. The van der Waals surface area contributed by atoms with Crippen LogP contribution in [0.15, 0.2) is 45.0 Å². The molecule has 0 saturated carbocycles. The highest BCUT2D eigenvalue weighted by atomic mass is 28.3. The van der Waals surface area contributed by atoms with E-state index in [1.54, 1.807) is 0 Å². The standard InChI is InChI=1S/C23H31N3O2Si/c1-6-24-17-13-21-19(11-15(17)3)26-20-12-16(4)18(25-7-2)14-22(20)29(21,5)10-8-9-23(27)28/h11-14,24H,6-10H2,1-5H3,(H,27,28). The highest BCUT2D eigenvalue weighted by molar-refractivity contribution is 7.02. The molecule has 154 valence electrons. The van der Waals surface area contributed by atoms with Crippen molar-refractivity contribution in [3.05, 3.63) is 40.6 Å². The Morgan fingerprint density at radius 2 is 2.00 bits per heavy atom. The third-order valence-electron chi connectivity index (χ3n) is 5.85. The maximum Gasteiger partial charge on any atom is 0.303 e. The van der Waals surface area contributed by atoms with Crippen LogP contribution in [0.3, 0.4) is 0 Å². The molecule has 1 aromatic carbocycles. The van der Waals surface area contributed by atoms with Crippen LogP contribution in [0.1, 0.15) is 39.2 Å². The fourth-order valence-electron chi connectivity index (χ4n) is 4.30. The molecular weight excluding hydrogens is 378 g/mol. The molecule has 0 spiro atoms. The van der Waals surface area contributed by atoms with Gasteiger partial charge in [-0.25, -0.2) is 4.99 Å². The number of anilines is 1. The minimum absolute atomic E-state index is 0.203. The lowest BCUT2D eigenvalue weighted by molar-refractivity contribution is -0.137. The Morgan fingerprint density at radius 3 is 2.66 bits per heavy atom. The molecule has 0 amide bonds. The van der Waals surface area contributed by atoms with Crippen LogP contribution in [0.4, 0.5) is 11.4 Å². The highest BCUT2D eigenvalue weighted by Crippen LogP contribution is 2.37. The summed E-state index contributed by atoms with van der Waals surface area (Å²) in [4.78, 5) is 20.9. The predicted molar refractivity (Wildman–Crippen MR) is 125 cm³/mol. The van der Waals surface area contributed by atoms with E-state index in [-0.39, 0.29) is 6.42 Å². The first kappa shape index (κ1) is 21.2. The Kier molecular flexibility index (Phi) is 6.22. The second kappa shape index (κ2) is 8.49. The van der Waals surface area contributed by atoms with Crippen LogP contribution >= 0.6 is 0 Å². The van der Waals surface area contributed by atoms with Gasteiger partial charge < -0.3 is 10.4 Å². The maximum atomic E-state index is 11.2. The van der Waals surface area contributed by atoms with Crippen molar-refractivity contribution in [2.45, 2.75) is 53.1 Å². The SMILES string of the molecule is CCN=C1C=C2C(=Nc3cc(C)c(NCC)cc3[Si]2(C)CCCC(=O)O)C=C1C. The van der Waals surface area contributed by atoms with Crippen LogP contribution in [-0.4, -0.2) is 43.7 Å². The number of hydrogen-bond donors (Lipinski definition) is 2. The molecule has 1 aliphatic carbocycles. The molecule has 1 aromatic rings. The number of aliphatic carboxylic acids is 1. The second-order valence-corrected chi connectivity index (χ2v) is 12.3. The minimum atomic E-state index is -2.17. The first-order valence-electron chi connectivity index (χ1n) is 10.4. The van der Waals surface area contributed by atoms with Gasteiger partial charge in [-0.05, 0) is 86.0 Å². The van der Waals surface area contributed by atoms with E-state index < -0.39 is 14.0 Å². The molecule has 29 heavy (non-hydrogen) atoms. The molecule has 5 nitrogen and oxygen atoms in total. The summed E-state index contributed by atoms with van der Waals surface area (Å²) < 4.78 is 0. The summed E-state index contributed by atoms with van der Waals surface area (Å²) in [5.74, 6) is -0.730. The lowest BCUT2D eigenvalue weighted by atomic mass is 10.0. The van der Waals surface area contributed by atoms with Crippen LogP contribution in [0, 0.1) is 6.92 Å². The van der Waals surface area contributed by atoms with Crippen LogP contribution < -0.4 is 10.5 Å². The molecule has 1 heterocycles. The normalized spacial score (nSPS) is 21.7. The molecule has 1 aliphatic heterocycles. The quantitative estimate of drug-likeness (QED) is 0.512. The van der Waals surface area contributed by atoms with Gasteiger partial charge in [0.15, 0.2) is 0 Å². The number of carbonyl (C=O) groups is 1. The van der Waals surface area contributed by atoms with Gasteiger partial charge in [0, 0.05) is 25.2 Å². The number of nitrogens with zero attached hydrogens (tertiary/aromatic N) is 2. The molecule has 0 fully saturated rings. The smallest absolute Gasteiger partial charge is 0.303 e. The number of carboxylic acid groups (broad SMARTS) is 1. The number of allylic oxidation sites excluding steroid dienone is 4. The van der Waals surface area contributed by atoms with E-state index in [0.29, 0.717) is 6.42 Å². The van der Waals surface area contributed by atoms with E-state index in [1.807, 2.05) is 6.92 Å². The third kappa shape index (κ3) is 4.12. The Bertz CT molecular complexity index is 959. The Morgan fingerprint density at radius 1 is 1.24 bits per heavy atom. The summed E-state index contributed by atoms with van der Waals surface area (Å²) in [5, 5.41) is 15.2. The van der Waals surface area contributed by atoms with Crippen LogP contribution in [-0.2, 0) is 4.79 Å². The molecule has 0 aromatic heterocycles. The van der Waals surface area contributed by atoms with Gasteiger partial charge in [0.1, 0.15) is 8.07 Å². The molecule has 0 saturated heterocycles. The van der Waals surface area contributed by atoms with Crippen LogP contribution in [0.2, 0.25) is 12.6 Å². The van der Waals surface area contributed by atoms with Gasteiger partial charge in [0.25, 0.3) is 0 Å². The first-order chi connectivity index (χ1) is 13.8. The number of nitrogens with one attached hydrogen (secondary N) is 1. The summed E-state index contributed by atoms with van der Waals surface area (Å²) >= 11 is 0. The van der Waals surface area contributed by atoms with E-state index in [4.69, 9.17) is 4.99 Å². The molecule has 1 unspecified atom stereocenters. The summed E-state index contributed by atoms with van der Waals surface area (Å²) in [6, 6.07) is 5.33. The average Bonchev–Trinajstić information content (AvgIpc) is 2.64. The van der Waals surface area contributed by atoms with Crippen molar-refractivity contribution in [1.82, 2.24) is 0 Å². The molecule has 1 atom stereocenters. The summed E-state index contributed by atoms with van der Waals surface area (Å²) in [6.07, 6.45) is 5.26. The van der Waals surface area contributed by atoms with E-state index in [1.165, 1.54) is 15.9 Å². The minimum Gasteiger partial charge on any atom is -0.481 e. The first-order valence-corrected chi connectivity index (χ1v) is 13.2. The van der Waals surface area contributed by atoms with Crippen molar-refractivity contribution in [2.75, 3.05) is 18.4 Å². The van der Waals surface area contributed by atoms with Crippen LogP contribution in [0.25, 0.3) is 0 Å². The lowest BCUT2D eigenvalue weighted by Gasteiger charge is -2.37. The summed E-state index contributed by atoms with van der Waals surface area (Å²) in [7, 11) is -2.17. The summed E-state index contributed by atoms with van der Waals surface area (Å²) in [5.41, 5.74) is 6.58.